The van der Waals surface area contributed by atoms with Gasteiger partial charge in [-0.2, -0.15) is 0 Å². The molecule has 3 unspecified atom stereocenters. The summed E-state index contributed by atoms with van der Waals surface area (Å²) in [5.74, 6) is 0.467. The Morgan fingerprint density at radius 2 is 1.94 bits per heavy atom. The number of hydrogen-bond acceptors (Lipinski definition) is 4. The number of aliphatic imine (C=N–C) groups is 1. The molecule has 0 bridgehead atoms. The number of benzene rings is 2. The molecule has 2 aromatic carbocycles. The molecule has 1 heterocycles. The predicted molar refractivity (Wildman–Crippen MR) is 135 cm³/mol. The van der Waals surface area contributed by atoms with Crippen molar-refractivity contribution < 1.29 is 19.0 Å². The number of aliphatic hydroxyl groups is 1. The summed E-state index contributed by atoms with van der Waals surface area (Å²) in [7, 11) is 0. The van der Waals surface area contributed by atoms with Crippen LogP contribution in [0.4, 0.5) is 4.39 Å². The molecule has 0 radical (unpaired) electrons. The summed E-state index contributed by atoms with van der Waals surface area (Å²) >= 11 is 0. The summed E-state index contributed by atoms with van der Waals surface area (Å²) in [5.41, 5.74) is 2.00. The molecule has 32 heavy (non-hydrogen) atoms. The molecular formula is C24H33FIN3O3. The molecule has 3 atom stereocenters. The highest BCUT2D eigenvalue weighted by Crippen LogP contribution is 2.25. The van der Waals surface area contributed by atoms with Crippen LogP contribution >= 0.6 is 24.0 Å². The van der Waals surface area contributed by atoms with Gasteiger partial charge in [0, 0.05) is 13.1 Å². The number of hydrogen-bond donors (Lipinski definition) is 2. The van der Waals surface area contributed by atoms with Gasteiger partial charge in [-0.05, 0) is 37.1 Å². The van der Waals surface area contributed by atoms with Gasteiger partial charge in [0.05, 0.1) is 38.5 Å². The average molecular weight is 557 g/mol. The van der Waals surface area contributed by atoms with E-state index in [9.17, 15) is 9.50 Å². The largest absolute Gasteiger partial charge is 0.389 e. The molecule has 8 heteroatoms. The molecule has 3 rings (SSSR count). The van der Waals surface area contributed by atoms with E-state index in [0.717, 1.165) is 17.1 Å². The lowest BCUT2D eigenvalue weighted by Crippen LogP contribution is -2.51. The number of halogens is 2. The van der Waals surface area contributed by atoms with Crippen LogP contribution in [0.25, 0.3) is 0 Å². The third kappa shape index (κ3) is 8.31. The second-order valence-corrected chi connectivity index (χ2v) is 7.74. The van der Waals surface area contributed by atoms with Gasteiger partial charge in [-0.3, -0.25) is 4.99 Å². The van der Waals surface area contributed by atoms with Gasteiger partial charge in [-0.25, -0.2) is 4.39 Å². The fraction of sp³-hybridized carbons (Fsp3) is 0.458. The maximum Gasteiger partial charge on any atom is 0.194 e. The maximum absolute atomic E-state index is 13.3. The zero-order valence-electron chi connectivity index (χ0n) is 18.6. The van der Waals surface area contributed by atoms with Gasteiger partial charge >= 0.3 is 0 Å². The van der Waals surface area contributed by atoms with Gasteiger partial charge in [0.2, 0.25) is 0 Å². The first-order chi connectivity index (χ1) is 15.0. The number of morpholine rings is 1. The molecule has 2 N–H and O–H groups in total. The van der Waals surface area contributed by atoms with Gasteiger partial charge in [0.1, 0.15) is 11.9 Å². The zero-order valence-corrected chi connectivity index (χ0v) is 20.9. The molecule has 176 valence electrons. The molecule has 0 aliphatic carbocycles. The second kappa shape index (κ2) is 13.7. The Kier molecular flexibility index (Phi) is 11.4. The average Bonchev–Trinajstić information content (AvgIpc) is 2.77. The van der Waals surface area contributed by atoms with Crippen LogP contribution in [0.5, 0.6) is 0 Å². The highest BCUT2D eigenvalue weighted by Gasteiger charge is 2.28. The van der Waals surface area contributed by atoms with Crippen LogP contribution in [0.15, 0.2) is 59.6 Å². The normalized spacial score (nSPS) is 19.9. The lowest BCUT2D eigenvalue weighted by atomic mass is 10.1. The molecule has 1 saturated heterocycles. The number of nitrogens with zero attached hydrogens (tertiary/aromatic N) is 2. The van der Waals surface area contributed by atoms with Crippen LogP contribution in [0.2, 0.25) is 0 Å². The minimum Gasteiger partial charge on any atom is -0.389 e. The van der Waals surface area contributed by atoms with Crippen molar-refractivity contribution >= 4 is 29.9 Å². The van der Waals surface area contributed by atoms with E-state index >= 15 is 0 Å². The molecule has 2 aromatic rings. The monoisotopic (exact) mass is 557 g/mol. The van der Waals surface area contributed by atoms with E-state index in [1.54, 1.807) is 12.1 Å². The summed E-state index contributed by atoms with van der Waals surface area (Å²) in [4.78, 5) is 6.75. The van der Waals surface area contributed by atoms with Crippen molar-refractivity contribution in [2.45, 2.75) is 38.8 Å². The fourth-order valence-corrected chi connectivity index (χ4v) is 3.54. The van der Waals surface area contributed by atoms with Gasteiger partial charge in [-0.15, -0.1) is 24.0 Å². The van der Waals surface area contributed by atoms with Crippen molar-refractivity contribution in [2.24, 2.45) is 4.99 Å². The first-order valence-electron chi connectivity index (χ1n) is 10.8. The lowest BCUT2D eigenvalue weighted by Gasteiger charge is -2.38. The Bertz CT molecular complexity index is 823. The molecular weight excluding hydrogens is 524 g/mol. The van der Waals surface area contributed by atoms with E-state index in [1.165, 1.54) is 12.1 Å². The van der Waals surface area contributed by atoms with Crippen LogP contribution in [0.1, 0.15) is 31.1 Å². The Morgan fingerprint density at radius 3 is 2.62 bits per heavy atom. The smallest absolute Gasteiger partial charge is 0.194 e. The van der Waals surface area contributed by atoms with E-state index in [1.807, 2.05) is 44.2 Å². The minimum absolute atomic E-state index is 0. The SMILES string of the molecule is CCNC(=NCC(O)COCc1ccccc1)N1CC(C)OC(c2ccc(F)cc2)C1.I. The Morgan fingerprint density at radius 1 is 1.22 bits per heavy atom. The van der Waals surface area contributed by atoms with Gasteiger partial charge in [-0.1, -0.05) is 42.5 Å². The molecule has 1 aliphatic rings. The first kappa shape index (κ1) is 26.5. The summed E-state index contributed by atoms with van der Waals surface area (Å²) in [5, 5.41) is 13.6. The highest BCUT2D eigenvalue weighted by molar-refractivity contribution is 14.0. The van der Waals surface area contributed by atoms with Crippen molar-refractivity contribution in [3.8, 4) is 0 Å². The predicted octanol–water partition coefficient (Wildman–Crippen LogP) is 3.75. The third-order valence-corrected chi connectivity index (χ3v) is 5.01. The topological polar surface area (TPSA) is 66.3 Å². The fourth-order valence-electron chi connectivity index (χ4n) is 3.54. The van der Waals surface area contributed by atoms with Crippen LogP contribution in [-0.4, -0.2) is 61.0 Å². The summed E-state index contributed by atoms with van der Waals surface area (Å²) in [6.45, 7) is 6.94. The summed E-state index contributed by atoms with van der Waals surface area (Å²) in [6, 6.07) is 16.3. The van der Waals surface area contributed by atoms with E-state index in [0.29, 0.717) is 26.2 Å². The van der Waals surface area contributed by atoms with Crippen molar-refractivity contribution in [2.75, 3.05) is 32.8 Å². The number of nitrogens with one attached hydrogen (secondary N) is 1. The third-order valence-electron chi connectivity index (χ3n) is 5.01. The van der Waals surface area contributed by atoms with Crippen LogP contribution < -0.4 is 5.32 Å². The van der Waals surface area contributed by atoms with Gasteiger partial charge < -0.3 is 24.8 Å². The van der Waals surface area contributed by atoms with Crippen molar-refractivity contribution in [3.05, 3.63) is 71.5 Å². The van der Waals surface area contributed by atoms with E-state index < -0.39 is 6.10 Å². The number of rotatable bonds is 8. The Labute approximate surface area is 206 Å². The number of aliphatic hydroxyl groups excluding tert-OH is 1. The van der Waals surface area contributed by atoms with Gasteiger partial charge in [0.25, 0.3) is 0 Å². The zero-order chi connectivity index (χ0) is 22.1. The quantitative estimate of drug-likeness (QED) is 0.294. The number of ether oxygens (including phenoxy) is 2. The molecule has 0 aromatic heterocycles. The molecule has 1 fully saturated rings. The minimum atomic E-state index is -0.691. The van der Waals surface area contributed by atoms with E-state index in [-0.39, 0.29) is 55.2 Å². The molecule has 0 amide bonds. The van der Waals surface area contributed by atoms with Crippen molar-refractivity contribution in [3.63, 3.8) is 0 Å². The first-order valence-corrected chi connectivity index (χ1v) is 10.8. The number of guanidine groups is 1. The summed E-state index contributed by atoms with van der Waals surface area (Å²) < 4.78 is 25.0. The molecule has 0 saturated carbocycles. The standard InChI is InChI=1S/C24H32FN3O3.HI/c1-3-26-24(27-13-22(29)17-30-16-19-7-5-4-6-8-19)28-14-18(2)31-23(15-28)20-9-11-21(25)12-10-20;/h4-12,18,22-23,29H,3,13-17H2,1-2H3,(H,26,27);1H. The Hall–Kier alpha value is -1.75. The van der Waals surface area contributed by atoms with Crippen molar-refractivity contribution in [1.29, 1.82) is 0 Å². The molecule has 6 nitrogen and oxygen atoms in total. The van der Waals surface area contributed by atoms with E-state index in [2.05, 4.69) is 15.2 Å². The van der Waals surface area contributed by atoms with Crippen LogP contribution in [0.3, 0.4) is 0 Å². The summed E-state index contributed by atoms with van der Waals surface area (Å²) in [6.07, 6.45) is -0.872. The van der Waals surface area contributed by atoms with Crippen LogP contribution in [-0.2, 0) is 16.1 Å². The lowest BCUT2D eigenvalue weighted by molar-refractivity contribution is -0.0605. The Balaban J connectivity index is 0.00000363. The molecule has 1 aliphatic heterocycles. The van der Waals surface area contributed by atoms with Crippen LogP contribution in [0, 0.1) is 5.82 Å². The van der Waals surface area contributed by atoms with Gasteiger partial charge in [0.15, 0.2) is 5.96 Å². The highest BCUT2D eigenvalue weighted by atomic mass is 127. The van der Waals surface area contributed by atoms with E-state index in [4.69, 9.17) is 9.47 Å². The maximum atomic E-state index is 13.3. The second-order valence-electron chi connectivity index (χ2n) is 7.74. The molecule has 0 spiro atoms. The van der Waals surface area contributed by atoms with Crippen molar-refractivity contribution in [1.82, 2.24) is 10.2 Å².